The summed E-state index contributed by atoms with van der Waals surface area (Å²) in [6, 6.07) is 8.26. The Balaban J connectivity index is 1.31. The number of likely N-dealkylation sites (N-methyl/N-ethyl adjacent to an activating group) is 1. The summed E-state index contributed by atoms with van der Waals surface area (Å²) in [5.41, 5.74) is 10.5. The molecule has 0 aliphatic carbocycles. The smallest absolute Gasteiger partial charge is 0.228 e. The molecule has 3 aliphatic heterocycles. The van der Waals surface area contributed by atoms with Gasteiger partial charge in [-0.15, -0.1) is 0 Å². The van der Waals surface area contributed by atoms with E-state index in [1.165, 1.54) is 0 Å². The zero-order valence-electron chi connectivity index (χ0n) is 21.7. The molecule has 0 spiro atoms. The van der Waals surface area contributed by atoms with Gasteiger partial charge in [0.2, 0.25) is 17.8 Å². The number of morpholine rings is 1. The number of aromatic nitrogens is 4. The number of piperazine rings is 1. The molecule has 0 bridgehead atoms. The van der Waals surface area contributed by atoms with Crippen LogP contribution < -0.4 is 15.5 Å². The van der Waals surface area contributed by atoms with Gasteiger partial charge >= 0.3 is 0 Å². The summed E-state index contributed by atoms with van der Waals surface area (Å²) in [6.45, 7) is 6.95. The average Bonchev–Trinajstić information content (AvgIpc) is 3.38. The van der Waals surface area contributed by atoms with Crippen molar-refractivity contribution in [3.63, 3.8) is 0 Å². The average molecular weight is 516 g/mol. The number of nitrogens with zero attached hydrogens (tertiary/aromatic N) is 8. The van der Waals surface area contributed by atoms with E-state index in [9.17, 15) is 4.79 Å². The molecule has 3 aliphatic rings. The molecule has 2 saturated heterocycles. The van der Waals surface area contributed by atoms with E-state index in [0.29, 0.717) is 25.6 Å². The molecule has 0 atom stereocenters. The van der Waals surface area contributed by atoms with Crippen molar-refractivity contribution in [3.8, 4) is 11.3 Å². The van der Waals surface area contributed by atoms with Gasteiger partial charge in [0.05, 0.1) is 25.3 Å². The number of benzene rings is 1. The summed E-state index contributed by atoms with van der Waals surface area (Å²) in [5.74, 6) is 1.97. The van der Waals surface area contributed by atoms with Gasteiger partial charge in [0.25, 0.3) is 0 Å². The second kappa shape index (κ2) is 10.5. The molecule has 2 aromatic heterocycles. The van der Waals surface area contributed by atoms with Gasteiger partial charge < -0.3 is 30.1 Å². The SMILES string of the molecule is CN1CCN(C(=O)Cc2cccc(N3CCc4c(-c5cnc(N)nc5)nc(N5CCOCC5)nc43)c2)CC1. The molecule has 2 N–H and O–H groups in total. The van der Waals surface area contributed by atoms with Crippen LogP contribution in [0.1, 0.15) is 11.1 Å². The van der Waals surface area contributed by atoms with Crippen LogP contribution in [0.15, 0.2) is 36.7 Å². The van der Waals surface area contributed by atoms with Gasteiger partial charge in [-0.25, -0.2) is 15.0 Å². The number of carbonyl (C=O) groups is 1. The fourth-order valence-electron chi connectivity index (χ4n) is 5.28. The van der Waals surface area contributed by atoms with Crippen LogP contribution in [0.4, 0.5) is 23.4 Å². The van der Waals surface area contributed by atoms with Crippen LogP contribution in [-0.4, -0.2) is 102 Å². The van der Waals surface area contributed by atoms with Gasteiger partial charge in [-0.3, -0.25) is 4.79 Å². The number of nitrogens with two attached hydrogens (primary N) is 1. The van der Waals surface area contributed by atoms with Crippen molar-refractivity contribution in [1.29, 1.82) is 0 Å². The molecule has 2 fully saturated rings. The van der Waals surface area contributed by atoms with Crippen molar-refractivity contribution in [1.82, 2.24) is 29.7 Å². The maximum absolute atomic E-state index is 13.0. The molecular formula is C27H33N9O2. The fraction of sp³-hybridized carbons (Fsp3) is 0.444. The van der Waals surface area contributed by atoms with Gasteiger partial charge in [0.1, 0.15) is 5.82 Å². The summed E-state index contributed by atoms with van der Waals surface area (Å²) >= 11 is 0. The summed E-state index contributed by atoms with van der Waals surface area (Å²) in [5, 5.41) is 0. The Morgan fingerprint density at radius 1 is 1.00 bits per heavy atom. The van der Waals surface area contributed by atoms with Crippen molar-refractivity contribution in [2.24, 2.45) is 0 Å². The van der Waals surface area contributed by atoms with Crippen molar-refractivity contribution in [2.45, 2.75) is 12.8 Å². The number of nitrogen functional groups attached to an aromatic ring is 1. The standard InChI is InChI=1S/C27H33N9O2/c1-33-7-9-34(10-8-33)23(37)16-19-3-2-4-21(15-19)36-6-5-22-24(20-17-29-26(28)30-18-20)31-27(32-25(22)36)35-11-13-38-14-12-35/h2-4,15,17-18H,5-14,16H2,1H3,(H2,28,29,30). The first-order chi connectivity index (χ1) is 18.5. The Kier molecular flexibility index (Phi) is 6.77. The predicted octanol–water partition coefficient (Wildman–Crippen LogP) is 1.36. The molecule has 198 valence electrons. The fourth-order valence-corrected chi connectivity index (χ4v) is 5.28. The predicted molar refractivity (Wildman–Crippen MR) is 145 cm³/mol. The molecule has 38 heavy (non-hydrogen) atoms. The Labute approximate surface area is 222 Å². The number of hydrogen-bond donors (Lipinski definition) is 1. The third kappa shape index (κ3) is 4.99. The first-order valence-electron chi connectivity index (χ1n) is 13.2. The second-order valence-electron chi connectivity index (χ2n) is 10.0. The van der Waals surface area contributed by atoms with Crippen LogP contribution in [0.5, 0.6) is 0 Å². The molecule has 11 heteroatoms. The van der Waals surface area contributed by atoms with E-state index in [1.54, 1.807) is 12.4 Å². The van der Waals surface area contributed by atoms with E-state index in [2.05, 4.69) is 43.8 Å². The summed E-state index contributed by atoms with van der Waals surface area (Å²) in [7, 11) is 2.10. The van der Waals surface area contributed by atoms with Gasteiger partial charge in [0, 0.05) is 75.0 Å². The van der Waals surface area contributed by atoms with E-state index in [1.807, 2.05) is 17.0 Å². The number of anilines is 4. The number of hydrogen-bond acceptors (Lipinski definition) is 10. The molecule has 3 aromatic rings. The topological polar surface area (TPSA) is 117 Å². The van der Waals surface area contributed by atoms with E-state index >= 15 is 0 Å². The zero-order chi connectivity index (χ0) is 26.1. The second-order valence-corrected chi connectivity index (χ2v) is 10.0. The Morgan fingerprint density at radius 2 is 1.76 bits per heavy atom. The molecule has 6 rings (SSSR count). The number of carbonyl (C=O) groups excluding carboxylic acids is 1. The van der Waals surface area contributed by atoms with Gasteiger partial charge in [-0.1, -0.05) is 12.1 Å². The first kappa shape index (κ1) is 24.5. The minimum Gasteiger partial charge on any atom is -0.378 e. The molecule has 0 saturated carbocycles. The summed E-state index contributed by atoms with van der Waals surface area (Å²) in [4.78, 5) is 40.0. The van der Waals surface area contributed by atoms with Crippen LogP contribution >= 0.6 is 0 Å². The normalized spacial score (nSPS) is 18.1. The molecule has 1 amide bonds. The van der Waals surface area contributed by atoms with Crippen molar-refractivity contribution < 1.29 is 9.53 Å². The number of fused-ring (bicyclic) bond motifs is 1. The zero-order valence-corrected chi connectivity index (χ0v) is 21.7. The molecule has 11 nitrogen and oxygen atoms in total. The Morgan fingerprint density at radius 3 is 2.53 bits per heavy atom. The third-order valence-corrected chi connectivity index (χ3v) is 7.49. The number of rotatable bonds is 5. The highest BCUT2D eigenvalue weighted by Crippen LogP contribution is 2.39. The van der Waals surface area contributed by atoms with Gasteiger partial charge in [-0.2, -0.15) is 4.98 Å². The first-order valence-corrected chi connectivity index (χ1v) is 13.2. The van der Waals surface area contributed by atoms with Crippen molar-refractivity contribution in [2.75, 3.05) is 81.6 Å². The van der Waals surface area contributed by atoms with E-state index in [0.717, 1.165) is 86.1 Å². The molecule has 5 heterocycles. The lowest BCUT2D eigenvalue weighted by molar-refractivity contribution is -0.132. The quantitative estimate of drug-likeness (QED) is 0.534. The number of amides is 1. The van der Waals surface area contributed by atoms with Crippen LogP contribution in [0.2, 0.25) is 0 Å². The third-order valence-electron chi connectivity index (χ3n) is 7.49. The maximum Gasteiger partial charge on any atom is 0.228 e. The lowest BCUT2D eigenvalue weighted by Gasteiger charge is -2.32. The Bertz CT molecular complexity index is 1300. The van der Waals surface area contributed by atoms with Gasteiger partial charge in [-0.05, 0) is 31.2 Å². The highest BCUT2D eigenvalue weighted by Gasteiger charge is 2.29. The minimum absolute atomic E-state index is 0.180. The lowest BCUT2D eigenvalue weighted by atomic mass is 10.1. The monoisotopic (exact) mass is 515 g/mol. The highest BCUT2D eigenvalue weighted by atomic mass is 16.5. The summed E-state index contributed by atoms with van der Waals surface area (Å²) < 4.78 is 5.55. The molecule has 1 aromatic carbocycles. The van der Waals surface area contributed by atoms with E-state index in [4.69, 9.17) is 20.4 Å². The Hall–Kier alpha value is -3.83. The summed E-state index contributed by atoms with van der Waals surface area (Å²) in [6.07, 6.45) is 4.64. The van der Waals surface area contributed by atoms with Crippen LogP contribution in [-0.2, 0) is 22.4 Å². The van der Waals surface area contributed by atoms with Crippen LogP contribution in [0.25, 0.3) is 11.3 Å². The molecule has 0 radical (unpaired) electrons. The lowest BCUT2D eigenvalue weighted by Crippen LogP contribution is -2.47. The minimum atomic E-state index is 0.180. The highest BCUT2D eigenvalue weighted by molar-refractivity contribution is 5.80. The van der Waals surface area contributed by atoms with E-state index < -0.39 is 0 Å². The largest absolute Gasteiger partial charge is 0.378 e. The van der Waals surface area contributed by atoms with Crippen molar-refractivity contribution in [3.05, 3.63) is 47.8 Å². The van der Waals surface area contributed by atoms with Gasteiger partial charge in [0.15, 0.2) is 0 Å². The van der Waals surface area contributed by atoms with Crippen molar-refractivity contribution >= 4 is 29.3 Å². The maximum atomic E-state index is 13.0. The van der Waals surface area contributed by atoms with Crippen LogP contribution in [0.3, 0.4) is 0 Å². The number of ether oxygens (including phenoxy) is 1. The van der Waals surface area contributed by atoms with Crippen LogP contribution in [0, 0.1) is 0 Å². The van der Waals surface area contributed by atoms with E-state index in [-0.39, 0.29) is 11.9 Å². The molecular weight excluding hydrogens is 482 g/mol. The molecule has 0 unspecified atom stereocenters.